The Morgan fingerprint density at radius 2 is 1.95 bits per heavy atom. The third-order valence-corrected chi connectivity index (χ3v) is 4.18. The molecule has 10 heteroatoms. The monoisotopic (exact) mass is 363 g/mol. The molecule has 1 amide bonds. The largest absolute Gasteiger partial charge is 0.410 e. The standard InChI is InChI=1S/C12H11Cl2N3O4S/c1-6(11-16-17-12(21-11)22(2,19)20)15-10(18)7-3-4-8(13)9(14)5-7/h3-6H,1-2H3,(H,15,18)/t6-/m0/s1. The zero-order valence-corrected chi connectivity index (χ0v) is 13.8. The fourth-order valence-corrected chi connectivity index (χ4v) is 2.25. The summed E-state index contributed by atoms with van der Waals surface area (Å²) in [4.78, 5) is 12.1. The van der Waals surface area contributed by atoms with Gasteiger partial charge in [-0.3, -0.25) is 4.79 Å². The highest BCUT2D eigenvalue weighted by atomic mass is 35.5. The maximum atomic E-state index is 12.1. The van der Waals surface area contributed by atoms with Crippen LogP contribution in [0.5, 0.6) is 0 Å². The minimum absolute atomic E-state index is 0.0196. The van der Waals surface area contributed by atoms with Crippen LogP contribution in [0, 0.1) is 0 Å². The first-order valence-electron chi connectivity index (χ1n) is 5.98. The Kier molecular flexibility index (Phi) is 4.74. The molecule has 1 heterocycles. The van der Waals surface area contributed by atoms with Crippen LogP contribution in [0.25, 0.3) is 0 Å². The van der Waals surface area contributed by atoms with E-state index in [2.05, 4.69) is 15.5 Å². The Hall–Kier alpha value is -1.64. The van der Waals surface area contributed by atoms with Crippen LogP contribution < -0.4 is 5.32 Å². The Morgan fingerprint density at radius 3 is 2.50 bits per heavy atom. The Bertz CT molecular complexity index is 820. The normalized spacial score (nSPS) is 12.9. The Balaban J connectivity index is 2.14. The fourth-order valence-electron chi connectivity index (χ4n) is 1.52. The number of amides is 1. The molecule has 1 atom stereocenters. The van der Waals surface area contributed by atoms with Gasteiger partial charge in [0.1, 0.15) is 6.04 Å². The molecule has 22 heavy (non-hydrogen) atoms. The van der Waals surface area contributed by atoms with E-state index in [-0.39, 0.29) is 10.9 Å². The van der Waals surface area contributed by atoms with E-state index in [1.807, 2.05) is 0 Å². The number of hydrogen-bond acceptors (Lipinski definition) is 6. The van der Waals surface area contributed by atoms with Crippen molar-refractivity contribution in [2.24, 2.45) is 0 Å². The number of sulfone groups is 1. The van der Waals surface area contributed by atoms with Gasteiger partial charge in [0.25, 0.3) is 5.91 Å². The molecule has 0 spiro atoms. The van der Waals surface area contributed by atoms with Crippen molar-refractivity contribution < 1.29 is 17.6 Å². The van der Waals surface area contributed by atoms with Crippen LogP contribution in [-0.4, -0.2) is 30.8 Å². The number of aromatic nitrogens is 2. The minimum Gasteiger partial charge on any atom is -0.410 e. The number of rotatable bonds is 4. The van der Waals surface area contributed by atoms with E-state index in [9.17, 15) is 13.2 Å². The highest BCUT2D eigenvalue weighted by molar-refractivity contribution is 7.90. The van der Waals surface area contributed by atoms with E-state index in [0.717, 1.165) is 6.26 Å². The van der Waals surface area contributed by atoms with Gasteiger partial charge in [-0.15, -0.1) is 5.10 Å². The van der Waals surface area contributed by atoms with Crippen LogP contribution in [0.3, 0.4) is 0 Å². The summed E-state index contributed by atoms with van der Waals surface area (Å²) in [6.07, 6.45) is 0.948. The average molecular weight is 364 g/mol. The molecule has 1 aromatic heterocycles. The number of halogens is 2. The lowest BCUT2D eigenvalue weighted by Gasteiger charge is -2.10. The first kappa shape index (κ1) is 16.7. The molecule has 0 saturated heterocycles. The number of carbonyl (C=O) groups is 1. The van der Waals surface area contributed by atoms with E-state index in [4.69, 9.17) is 27.6 Å². The maximum absolute atomic E-state index is 12.1. The van der Waals surface area contributed by atoms with Gasteiger partial charge in [-0.25, -0.2) is 8.42 Å². The molecule has 7 nitrogen and oxygen atoms in total. The van der Waals surface area contributed by atoms with E-state index in [1.54, 1.807) is 6.92 Å². The number of benzene rings is 1. The van der Waals surface area contributed by atoms with Gasteiger partial charge in [-0.05, 0) is 25.1 Å². The average Bonchev–Trinajstić information content (AvgIpc) is 2.91. The lowest BCUT2D eigenvalue weighted by atomic mass is 10.2. The molecule has 118 valence electrons. The van der Waals surface area contributed by atoms with Crippen LogP contribution in [0.1, 0.15) is 29.2 Å². The van der Waals surface area contributed by atoms with Gasteiger partial charge in [0.15, 0.2) is 0 Å². The van der Waals surface area contributed by atoms with Gasteiger partial charge in [0.05, 0.1) is 10.0 Å². The third-order valence-electron chi connectivity index (χ3n) is 2.64. The van der Waals surface area contributed by atoms with Crippen molar-refractivity contribution in [3.8, 4) is 0 Å². The topological polar surface area (TPSA) is 102 Å². The quantitative estimate of drug-likeness (QED) is 0.893. The zero-order valence-electron chi connectivity index (χ0n) is 11.5. The molecule has 0 aliphatic rings. The molecule has 1 aromatic carbocycles. The van der Waals surface area contributed by atoms with Crippen molar-refractivity contribution in [1.82, 2.24) is 15.5 Å². The van der Waals surface area contributed by atoms with E-state index >= 15 is 0 Å². The second-order valence-corrected chi connectivity index (χ2v) is 7.21. The molecule has 0 unspecified atom stereocenters. The van der Waals surface area contributed by atoms with Crippen molar-refractivity contribution in [3.05, 3.63) is 39.7 Å². The fraction of sp³-hybridized carbons (Fsp3) is 0.250. The van der Waals surface area contributed by atoms with E-state index in [1.165, 1.54) is 18.2 Å². The molecule has 0 aliphatic heterocycles. The summed E-state index contributed by atoms with van der Waals surface area (Å²) in [5.74, 6) is -0.459. The molecular weight excluding hydrogens is 353 g/mol. The van der Waals surface area contributed by atoms with Gasteiger partial charge in [0, 0.05) is 11.8 Å². The summed E-state index contributed by atoms with van der Waals surface area (Å²) >= 11 is 11.6. The summed E-state index contributed by atoms with van der Waals surface area (Å²) < 4.78 is 27.6. The molecule has 1 N–H and O–H groups in total. The van der Waals surface area contributed by atoms with Crippen molar-refractivity contribution in [2.45, 2.75) is 18.2 Å². The molecule has 0 saturated carbocycles. The van der Waals surface area contributed by atoms with Crippen LogP contribution in [-0.2, 0) is 9.84 Å². The summed E-state index contributed by atoms with van der Waals surface area (Å²) in [6.45, 7) is 1.58. The number of hydrogen-bond donors (Lipinski definition) is 1. The van der Waals surface area contributed by atoms with Crippen molar-refractivity contribution in [1.29, 1.82) is 0 Å². The number of carbonyl (C=O) groups excluding carboxylic acids is 1. The van der Waals surface area contributed by atoms with Crippen LogP contribution in [0.15, 0.2) is 27.8 Å². The molecule has 0 aliphatic carbocycles. The van der Waals surface area contributed by atoms with Gasteiger partial charge in [-0.1, -0.05) is 28.3 Å². The zero-order chi connectivity index (χ0) is 16.5. The van der Waals surface area contributed by atoms with Gasteiger partial charge >= 0.3 is 5.22 Å². The van der Waals surface area contributed by atoms with Gasteiger partial charge < -0.3 is 9.73 Å². The second-order valence-electron chi connectivity index (χ2n) is 4.50. The minimum atomic E-state index is -3.59. The Morgan fingerprint density at radius 1 is 1.27 bits per heavy atom. The first-order valence-corrected chi connectivity index (χ1v) is 8.62. The van der Waals surface area contributed by atoms with Crippen molar-refractivity contribution >= 4 is 38.9 Å². The summed E-state index contributed by atoms with van der Waals surface area (Å²) in [7, 11) is -3.59. The SMILES string of the molecule is C[C@H](NC(=O)c1ccc(Cl)c(Cl)c1)c1nnc(S(C)(=O)=O)o1. The molecule has 0 fully saturated rings. The van der Waals surface area contributed by atoms with Gasteiger partial charge in [-0.2, -0.15) is 0 Å². The van der Waals surface area contributed by atoms with Crippen LogP contribution in [0.4, 0.5) is 0 Å². The van der Waals surface area contributed by atoms with Gasteiger partial charge in [0.2, 0.25) is 15.7 Å². The van der Waals surface area contributed by atoms with Crippen LogP contribution in [0.2, 0.25) is 10.0 Å². The predicted octanol–water partition coefficient (Wildman–Crippen LogP) is 2.27. The number of nitrogens with one attached hydrogen (secondary N) is 1. The third kappa shape index (κ3) is 3.76. The van der Waals surface area contributed by atoms with E-state index in [0.29, 0.717) is 10.6 Å². The molecular formula is C12H11Cl2N3O4S. The van der Waals surface area contributed by atoms with E-state index < -0.39 is 27.0 Å². The second kappa shape index (κ2) is 6.23. The summed E-state index contributed by atoms with van der Waals surface area (Å²) in [5.41, 5.74) is 0.295. The Labute approximate surface area is 136 Å². The highest BCUT2D eigenvalue weighted by Gasteiger charge is 2.21. The maximum Gasteiger partial charge on any atom is 0.335 e. The molecule has 0 bridgehead atoms. The smallest absolute Gasteiger partial charge is 0.335 e. The molecule has 2 aromatic rings. The lowest BCUT2D eigenvalue weighted by Crippen LogP contribution is -2.26. The lowest BCUT2D eigenvalue weighted by molar-refractivity contribution is 0.0933. The van der Waals surface area contributed by atoms with Crippen molar-refractivity contribution in [2.75, 3.05) is 6.26 Å². The molecule has 2 rings (SSSR count). The van der Waals surface area contributed by atoms with Crippen LogP contribution >= 0.6 is 23.2 Å². The predicted molar refractivity (Wildman–Crippen MR) is 79.8 cm³/mol. The summed E-state index contributed by atoms with van der Waals surface area (Å²) in [5, 5.41) is 9.70. The summed E-state index contributed by atoms with van der Waals surface area (Å²) in [6, 6.07) is 3.75. The van der Waals surface area contributed by atoms with Crippen molar-refractivity contribution in [3.63, 3.8) is 0 Å². The first-order chi connectivity index (χ1) is 10.2. The highest BCUT2D eigenvalue weighted by Crippen LogP contribution is 2.23. The molecule has 0 radical (unpaired) electrons. The number of nitrogens with zero attached hydrogens (tertiary/aromatic N) is 2.